The van der Waals surface area contributed by atoms with Crippen molar-refractivity contribution in [3.63, 3.8) is 0 Å². The van der Waals surface area contributed by atoms with Gasteiger partial charge in [0.1, 0.15) is 5.75 Å². The molecule has 0 spiro atoms. The molecule has 4 rings (SSSR count). The van der Waals surface area contributed by atoms with E-state index in [0.29, 0.717) is 11.7 Å². The molecule has 1 N–H and O–H groups in total. The molecule has 0 bridgehead atoms. The third-order valence-electron chi connectivity index (χ3n) is 8.00. The van der Waals surface area contributed by atoms with Crippen LogP contribution in [0.15, 0.2) is 60.7 Å². The molecular weight excluding hydrogens is 448 g/mol. The van der Waals surface area contributed by atoms with E-state index >= 15 is 0 Å². The summed E-state index contributed by atoms with van der Waals surface area (Å²) in [4.78, 5) is 0. The average Bonchev–Trinajstić information content (AvgIpc) is 2.79. The summed E-state index contributed by atoms with van der Waals surface area (Å²) in [5.41, 5.74) is 6.28. The molecule has 0 fully saturated rings. The fourth-order valence-corrected chi connectivity index (χ4v) is 5.70. The molecule has 4 aromatic carbocycles. The number of rotatable bonds is 4. The van der Waals surface area contributed by atoms with E-state index in [9.17, 15) is 5.11 Å². The minimum absolute atomic E-state index is 0.0405. The van der Waals surface area contributed by atoms with Crippen LogP contribution in [0, 0.1) is 5.41 Å². The quantitative estimate of drug-likeness (QED) is 0.280. The highest BCUT2D eigenvalue weighted by atomic mass is 16.3. The highest BCUT2D eigenvalue weighted by molar-refractivity contribution is 6.13. The van der Waals surface area contributed by atoms with Gasteiger partial charge in [-0.05, 0) is 91.1 Å². The first-order chi connectivity index (χ1) is 17.1. The molecule has 0 amide bonds. The first kappa shape index (κ1) is 27.2. The lowest BCUT2D eigenvalue weighted by molar-refractivity contribution is 0.303. The van der Waals surface area contributed by atoms with E-state index < -0.39 is 0 Å². The van der Waals surface area contributed by atoms with Crippen molar-refractivity contribution in [2.75, 3.05) is 0 Å². The van der Waals surface area contributed by atoms with E-state index in [1.807, 2.05) is 6.07 Å². The molecule has 37 heavy (non-hydrogen) atoms. The monoisotopic (exact) mass is 494 g/mol. The van der Waals surface area contributed by atoms with Crippen LogP contribution in [0.3, 0.4) is 0 Å². The molecule has 0 heterocycles. The molecule has 1 nitrogen and oxygen atoms in total. The average molecular weight is 495 g/mol. The van der Waals surface area contributed by atoms with Crippen molar-refractivity contribution in [2.24, 2.45) is 5.41 Å². The van der Waals surface area contributed by atoms with Gasteiger partial charge in [-0.1, -0.05) is 112 Å². The minimum Gasteiger partial charge on any atom is -0.507 e. The van der Waals surface area contributed by atoms with Crippen LogP contribution in [-0.2, 0) is 10.8 Å². The molecule has 0 aliphatic rings. The molecule has 196 valence electrons. The topological polar surface area (TPSA) is 20.2 Å². The first-order valence-electron chi connectivity index (χ1n) is 14.0. The molecule has 1 unspecified atom stereocenters. The fraction of sp³-hybridized carbons (Fsp3) is 0.444. The SMILES string of the molecule is CCCC(c1ccc(O)c(-c2c3ccc(C(C)(C)C)cc3cc3ccc(C(C)(C)C)cc23)c1)C(C)(C)C. The van der Waals surface area contributed by atoms with Gasteiger partial charge in [0.25, 0.3) is 0 Å². The lowest BCUT2D eigenvalue weighted by atomic mass is 9.73. The van der Waals surface area contributed by atoms with Crippen molar-refractivity contribution < 1.29 is 5.11 Å². The van der Waals surface area contributed by atoms with Gasteiger partial charge in [-0.15, -0.1) is 0 Å². The minimum atomic E-state index is 0.0405. The summed E-state index contributed by atoms with van der Waals surface area (Å²) in [6.07, 6.45) is 2.27. The van der Waals surface area contributed by atoms with E-state index in [1.54, 1.807) is 0 Å². The Morgan fingerprint density at radius 2 is 1.27 bits per heavy atom. The second kappa shape index (κ2) is 9.50. The number of phenols is 1. The number of hydrogen-bond donors (Lipinski definition) is 1. The zero-order chi connectivity index (χ0) is 27.3. The van der Waals surface area contributed by atoms with Gasteiger partial charge in [0.15, 0.2) is 0 Å². The van der Waals surface area contributed by atoms with Crippen molar-refractivity contribution in [1.82, 2.24) is 0 Å². The van der Waals surface area contributed by atoms with Gasteiger partial charge in [0, 0.05) is 11.1 Å². The van der Waals surface area contributed by atoms with Crippen LogP contribution in [0.2, 0.25) is 0 Å². The summed E-state index contributed by atoms with van der Waals surface area (Å²) in [6.45, 7) is 22.8. The third kappa shape index (κ3) is 5.42. The molecule has 0 aliphatic carbocycles. The standard InChI is InChI=1S/C36H46O/c1-11-12-31(36(8,9)10)24-14-18-32(37)30(21-24)33-28-17-16-26(34(2,3)4)20-25(28)19-23-13-15-27(22-29(23)33)35(5,6)7/h13-22,31,37H,11-12H2,1-10H3. The highest BCUT2D eigenvalue weighted by Gasteiger charge is 2.27. The Morgan fingerprint density at radius 1 is 0.649 bits per heavy atom. The van der Waals surface area contributed by atoms with Crippen LogP contribution in [-0.4, -0.2) is 5.11 Å². The molecule has 0 radical (unpaired) electrons. The lowest BCUT2D eigenvalue weighted by Crippen LogP contribution is -2.18. The van der Waals surface area contributed by atoms with Gasteiger partial charge in [0.2, 0.25) is 0 Å². The summed E-state index contributed by atoms with van der Waals surface area (Å²) in [5, 5.41) is 16.2. The maximum Gasteiger partial charge on any atom is 0.123 e. The van der Waals surface area contributed by atoms with Crippen molar-refractivity contribution >= 4 is 21.5 Å². The van der Waals surface area contributed by atoms with Gasteiger partial charge in [0.05, 0.1) is 0 Å². The molecular formula is C36H46O. The molecule has 1 atom stereocenters. The lowest BCUT2D eigenvalue weighted by Gasteiger charge is -2.31. The zero-order valence-corrected chi connectivity index (χ0v) is 24.7. The first-order valence-corrected chi connectivity index (χ1v) is 14.0. The van der Waals surface area contributed by atoms with Crippen LogP contribution in [0.1, 0.15) is 105 Å². The Morgan fingerprint density at radius 3 is 1.86 bits per heavy atom. The maximum absolute atomic E-state index is 11.3. The van der Waals surface area contributed by atoms with Crippen LogP contribution < -0.4 is 0 Å². The molecule has 4 aromatic rings. The number of benzene rings is 4. The van der Waals surface area contributed by atoms with Crippen molar-refractivity contribution in [3.05, 3.63) is 77.4 Å². The van der Waals surface area contributed by atoms with E-state index in [1.165, 1.54) is 38.2 Å². The van der Waals surface area contributed by atoms with Crippen molar-refractivity contribution in [1.29, 1.82) is 0 Å². The second-order valence-corrected chi connectivity index (χ2v) is 14.1. The van der Waals surface area contributed by atoms with E-state index in [4.69, 9.17) is 0 Å². The number of aromatic hydroxyl groups is 1. The van der Waals surface area contributed by atoms with Gasteiger partial charge in [-0.3, -0.25) is 0 Å². The zero-order valence-electron chi connectivity index (χ0n) is 24.7. The number of phenolic OH excluding ortho intramolecular Hbond substituents is 1. The van der Waals surface area contributed by atoms with Crippen LogP contribution >= 0.6 is 0 Å². The predicted molar refractivity (Wildman–Crippen MR) is 163 cm³/mol. The van der Waals surface area contributed by atoms with Gasteiger partial charge >= 0.3 is 0 Å². The van der Waals surface area contributed by atoms with E-state index in [0.717, 1.165) is 24.0 Å². The smallest absolute Gasteiger partial charge is 0.123 e. The van der Waals surface area contributed by atoms with Crippen molar-refractivity contribution in [2.45, 2.75) is 98.8 Å². The van der Waals surface area contributed by atoms with Gasteiger partial charge < -0.3 is 5.11 Å². The molecule has 0 saturated heterocycles. The summed E-state index contributed by atoms with van der Waals surface area (Å²) in [5.74, 6) is 0.776. The van der Waals surface area contributed by atoms with Crippen LogP contribution in [0.25, 0.3) is 32.7 Å². The van der Waals surface area contributed by atoms with Crippen LogP contribution in [0.5, 0.6) is 5.75 Å². The van der Waals surface area contributed by atoms with Gasteiger partial charge in [-0.2, -0.15) is 0 Å². The Bertz CT molecular complexity index is 1430. The Balaban J connectivity index is 2.11. The molecule has 0 aromatic heterocycles. The molecule has 0 aliphatic heterocycles. The number of hydrogen-bond acceptors (Lipinski definition) is 1. The second-order valence-electron chi connectivity index (χ2n) is 14.1. The fourth-order valence-electron chi connectivity index (χ4n) is 5.70. The Kier molecular flexibility index (Phi) is 6.99. The van der Waals surface area contributed by atoms with Gasteiger partial charge in [-0.25, -0.2) is 0 Å². The predicted octanol–water partition coefficient (Wildman–Crippen LogP) is 10.9. The summed E-state index contributed by atoms with van der Waals surface area (Å²) >= 11 is 0. The highest BCUT2D eigenvalue weighted by Crippen LogP contribution is 2.46. The van der Waals surface area contributed by atoms with Crippen molar-refractivity contribution in [3.8, 4) is 16.9 Å². The third-order valence-corrected chi connectivity index (χ3v) is 8.00. The summed E-state index contributed by atoms with van der Waals surface area (Å²) in [7, 11) is 0. The largest absolute Gasteiger partial charge is 0.507 e. The van der Waals surface area contributed by atoms with Crippen LogP contribution in [0.4, 0.5) is 0 Å². The maximum atomic E-state index is 11.3. The van der Waals surface area contributed by atoms with E-state index in [2.05, 4.69) is 124 Å². The summed E-state index contributed by atoms with van der Waals surface area (Å²) in [6, 6.07) is 22.4. The molecule has 0 saturated carbocycles. The Hall–Kier alpha value is -2.80. The Labute approximate surface area is 224 Å². The molecule has 1 heteroatoms. The summed E-state index contributed by atoms with van der Waals surface area (Å²) < 4.78 is 0. The number of fused-ring (bicyclic) bond motifs is 2. The van der Waals surface area contributed by atoms with E-state index in [-0.39, 0.29) is 16.2 Å². The normalized spacial score (nSPS) is 13.9.